The van der Waals surface area contributed by atoms with Crippen LogP contribution in [0.15, 0.2) is 55.1 Å². The largest absolute Gasteiger partial charge is 0.493 e. The molecule has 0 aromatic heterocycles. The summed E-state index contributed by atoms with van der Waals surface area (Å²) in [5, 5.41) is 0. The fourth-order valence-electron chi connectivity index (χ4n) is 2.21. The Balaban J connectivity index is 1.94. The van der Waals surface area contributed by atoms with Gasteiger partial charge in [-0.1, -0.05) is 31.2 Å². The van der Waals surface area contributed by atoms with E-state index in [1.54, 1.807) is 12.1 Å². The molecule has 0 saturated heterocycles. The Hall–Kier alpha value is -2.75. The molecular formula is C20H22O4. The smallest absolute Gasteiger partial charge is 0.349 e. The molecule has 0 heterocycles. The third-order valence-corrected chi connectivity index (χ3v) is 3.52. The van der Waals surface area contributed by atoms with Crippen LogP contribution in [0.5, 0.6) is 17.2 Å². The first-order valence-electron chi connectivity index (χ1n) is 7.86. The maximum absolute atomic E-state index is 12.0. The first kappa shape index (κ1) is 17.6. The number of methoxy groups -OCH3 is 1. The number of hydrogen-bond acceptors (Lipinski definition) is 4. The second kappa shape index (κ2) is 8.77. The van der Waals surface area contributed by atoms with E-state index in [4.69, 9.17) is 14.2 Å². The van der Waals surface area contributed by atoms with E-state index in [-0.39, 0.29) is 6.61 Å². The highest BCUT2D eigenvalue weighted by Gasteiger charge is 2.11. The molecule has 2 aromatic rings. The lowest BCUT2D eigenvalue weighted by Crippen LogP contribution is -2.18. The van der Waals surface area contributed by atoms with E-state index in [1.165, 1.54) is 12.7 Å². The van der Waals surface area contributed by atoms with Crippen molar-refractivity contribution < 1.29 is 19.0 Å². The molecule has 4 heteroatoms. The summed E-state index contributed by atoms with van der Waals surface area (Å²) in [4.78, 5) is 12.0. The number of rotatable bonds is 8. The number of carbonyl (C=O) groups is 1. The lowest BCUT2D eigenvalue weighted by atomic mass is 10.1. The number of ether oxygens (including phenoxy) is 3. The van der Waals surface area contributed by atoms with Crippen LogP contribution in [0.2, 0.25) is 0 Å². The lowest BCUT2D eigenvalue weighted by Gasteiger charge is -2.11. The molecule has 0 aliphatic rings. The standard InChI is InChI=1S/C20H22O4/c1-4-6-16-9-12-18(19(13-16)22-3)24-20(21)14-23-17-10-7-15(5-2)8-11-17/h4,7-13H,1,5-6,14H2,2-3H3. The van der Waals surface area contributed by atoms with Gasteiger partial charge in [-0.3, -0.25) is 0 Å². The molecule has 2 aromatic carbocycles. The van der Waals surface area contributed by atoms with Gasteiger partial charge < -0.3 is 14.2 Å². The predicted octanol–water partition coefficient (Wildman–Crippen LogP) is 3.97. The molecule has 4 nitrogen and oxygen atoms in total. The minimum atomic E-state index is -0.482. The van der Waals surface area contributed by atoms with Crippen LogP contribution >= 0.6 is 0 Å². The summed E-state index contributed by atoms with van der Waals surface area (Å²) in [6, 6.07) is 13.1. The van der Waals surface area contributed by atoms with E-state index in [0.29, 0.717) is 17.2 Å². The molecule has 0 saturated carbocycles. The second-order valence-corrected chi connectivity index (χ2v) is 5.24. The molecule has 0 bridgehead atoms. The summed E-state index contributed by atoms with van der Waals surface area (Å²) < 4.78 is 16.0. The first-order valence-corrected chi connectivity index (χ1v) is 7.86. The molecule has 0 aliphatic heterocycles. The van der Waals surface area contributed by atoms with E-state index < -0.39 is 5.97 Å². The zero-order valence-electron chi connectivity index (χ0n) is 14.1. The molecule has 0 N–H and O–H groups in total. The average Bonchev–Trinajstić information content (AvgIpc) is 2.62. The summed E-state index contributed by atoms with van der Waals surface area (Å²) >= 11 is 0. The van der Waals surface area contributed by atoms with E-state index in [2.05, 4.69) is 13.5 Å². The van der Waals surface area contributed by atoms with Crippen molar-refractivity contribution in [3.8, 4) is 17.2 Å². The Labute approximate surface area is 142 Å². The van der Waals surface area contributed by atoms with Crippen molar-refractivity contribution in [1.29, 1.82) is 0 Å². The van der Waals surface area contributed by atoms with Gasteiger partial charge in [-0.05, 0) is 48.2 Å². The van der Waals surface area contributed by atoms with Gasteiger partial charge in [-0.15, -0.1) is 6.58 Å². The maximum Gasteiger partial charge on any atom is 0.349 e. The summed E-state index contributed by atoms with van der Waals surface area (Å²) in [7, 11) is 1.54. The van der Waals surface area contributed by atoms with Gasteiger partial charge in [0, 0.05) is 0 Å². The number of esters is 1. The minimum Gasteiger partial charge on any atom is -0.493 e. The zero-order valence-corrected chi connectivity index (χ0v) is 14.1. The average molecular weight is 326 g/mol. The highest BCUT2D eigenvalue weighted by Crippen LogP contribution is 2.28. The number of aryl methyl sites for hydroxylation is 1. The van der Waals surface area contributed by atoms with Crippen LogP contribution in [0.4, 0.5) is 0 Å². The van der Waals surface area contributed by atoms with Crippen molar-refractivity contribution >= 4 is 5.97 Å². The Morgan fingerprint density at radius 2 is 1.79 bits per heavy atom. The topological polar surface area (TPSA) is 44.8 Å². The van der Waals surface area contributed by atoms with Gasteiger partial charge in [0.25, 0.3) is 0 Å². The SMILES string of the molecule is C=CCc1ccc(OC(=O)COc2ccc(CC)cc2)c(OC)c1. The van der Waals surface area contributed by atoms with Crippen LogP contribution in [0.3, 0.4) is 0 Å². The van der Waals surface area contributed by atoms with Crippen molar-refractivity contribution in [2.24, 2.45) is 0 Å². The van der Waals surface area contributed by atoms with Crippen LogP contribution in [0.25, 0.3) is 0 Å². The molecule has 0 unspecified atom stereocenters. The predicted molar refractivity (Wildman–Crippen MR) is 93.8 cm³/mol. The van der Waals surface area contributed by atoms with Gasteiger partial charge in [-0.2, -0.15) is 0 Å². The van der Waals surface area contributed by atoms with Crippen LogP contribution < -0.4 is 14.2 Å². The van der Waals surface area contributed by atoms with Crippen molar-refractivity contribution in [2.45, 2.75) is 19.8 Å². The van der Waals surface area contributed by atoms with E-state index >= 15 is 0 Å². The van der Waals surface area contributed by atoms with Gasteiger partial charge in [0.05, 0.1) is 7.11 Å². The van der Waals surface area contributed by atoms with E-state index in [1.807, 2.05) is 36.4 Å². The van der Waals surface area contributed by atoms with Crippen LogP contribution in [0, 0.1) is 0 Å². The summed E-state index contributed by atoms with van der Waals surface area (Å²) in [6.45, 7) is 5.62. The summed E-state index contributed by atoms with van der Waals surface area (Å²) in [5.41, 5.74) is 2.25. The molecule has 0 amide bonds. The Morgan fingerprint density at radius 3 is 2.42 bits per heavy atom. The molecule has 0 aliphatic carbocycles. The van der Waals surface area contributed by atoms with E-state index in [0.717, 1.165) is 18.4 Å². The second-order valence-electron chi connectivity index (χ2n) is 5.24. The van der Waals surface area contributed by atoms with Gasteiger partial charge in [0.2, 0.25) is 0 Å². The molecule has 0 atom stereocenters. The van der Waals surface area contributed by atoms with Crippen molar-refractivity contribution in [1.82, 2.24) is 0 Å². The summed E-state index contributed by atoms with van der Waals surface area (Å²) in [5.74, 6) is 1.04. The molecular weight excluding hydrogens is 304 g/mol. The lowest BCUT2D eigenvalue weighted by molar-refractivity contribution is -0.136. The van der Waals surface area contributed by atoms with Crippen LogP contribution in [-0.4, -0.2) is 19.7 Å². The van der Waals surface area contributed by atoms with Gasteiger partial charge in [0.15, 0.2) is 18.1 Å². The number of hydrogen-bond donors (Lipinski definition) is 0. The maximum atomic E-state index is 12.0. The summed E-state index contributed by atoms with van der Waals surface area (Å²) in [6.07, 6.45) is 3.49. The molecule has 24 heavy (non-hydrogen) atoms. The third-order valence-electron chi connectivity index (χ3n) is 3.52. The zero-order chi connectivity index (χ0) is 17.4. The van der Waals surface area contributed by atoms with E-state index in [9.17, 15) is 4.79 Å². The molecule has 0 spiro atoms. The molecule has 126 valence electrons. The number of allylic oxidation sites excluding steroid dienone is 1. The first-order chi connectivity index (χ1) is 11.7. The Morgan fingerprint density at radius 1 is 1.08 bits per heavy atom. The number of carbonyl (C=O) groups excluding carboxylic acids is 1. The Bertz CT molecular complexity index is 689. The Kier molecular flexibility index (Phi) is 6.43. The highest BCUT2D eigenvalue weighted by molar-refractivity contribution is 5.74. The van der Waals surface area contributed by atoms with Gasteiger partial charge >= 0.3 is 5.97 Å². The monoisotopic (exact) mass is 326 g/mol. The minimum absolute atomic E-state index is 0.164. The van der Waals surface area contributed by atoms with Gasteiger partial charge in [-0.25, -0.2) is 4.79 Å². The fourth-order valence-corrected chi connectivity index (χ4v) is 2.21. The van der Waals surface area contributed by atoms with Crippen LogP contribution in [0.1, 0.15) is 18.1 Å². The van der Waals surface area contributed by atoms with Crippen molar-refractivity contribution in [2.75, 3.05) is 13.7 Å². The van der Waals surface area contributed by atoms with Crippen molar-refractivity contribution in [3.63, 3.8) is 0 Å². The molecule has 0 radical (unpaired) electrons. The number of benzene rings is 2. The quantitative estimate of drug-likeness (QED) is 0.418. The van der Waals surface area contributed by atoms with Crippen molar-refractivity contribution in [3.05, 3.63) is 66.2 Å². The molecule has 0 fully saturated rings. The van der Waals surface area contributed by atoms with Gasteiger partial charge in [0.1, 0.15) is 5.75 Å². The highest BCUT2D eigenvalue weighted by atomic mass is 16.6. The third kappa shape index (κ3) is 4.88. The fraction of sp³-hybridized carbons (Fsp3) is 0.250. The molecule has 2 rings (SSSR count). The van der Waals surface area contributed by atoms with Crippen LogP contribution in [-0.2, 0) is 17.6 Å². The normalized spacial score (nSPS) is 10.1.